The number of benzene rings is 1. The highest BCUT2D eigenvalue weighted by atomic mass is 32.2. The molecule has 0 radical (unpaired) electrons. The summed E-state index contributed by atoms with van der Waals surface area (Å²) >= 11 is 1.24. The summed E-state index contributed by atoms with van der Waals surface area (Å²) in [5.74, 6) is 0.714. The Morgan fingerprint density at radius 3 is 2.89 bits per heavy atom. The Bertz CT molecular complexity index is 696. The Morgan fingerprint density at radius 1 is 1.26 bits per heavy atom. The molecule has 0 fully saturated rings. The number of nitrogens with two attached hydrogens (primary N) is 1. The average molecular weight is 274 g/mol. The summed E-state index contributed by atoms with van der Waals surface area (Å²) in [5.41, 5.74) is 7.25. The topological polar surface area (TPSA) is 87.1 Å². The number of nitrogen functional groups attached to an aromatic ring is 1. The minimum Gasteiger partial charge on any atom is -0.490 e. The fourth-order valence-corrected chi connectivity index (χ4v) is 2.43. The molecule has 0 amide bonds. The molecule has 2 N–H and O–H groups in total. The van der Waals surface area contributed by atoms with Crippen LogP contribution in [0, 0.1) is 0 Å². The number of fused-ring (bicyclic) bond motifs is 1. The molecule has 0 saturated heterocycles. The van der Waals surface area contributed by atoms with Gasteiger partial charge in [-0.1, -0.05) is 12.1 Å². The van der Waals surface area contributed by atoms with Crippen LogP contribution in [0.2, 0.25) is 0 Å². The van der Waals surface area contributed by atoms with E-state index < -0.39 is 0 Å². The minimum atomic E-state index is 0.288. The fraction of sp³-hybridized carbons (Fsp3) is 0.0833. The van der Waals surface area contributed by atoms with Gasteiger partial charge in [-0.05, 0) is 23.9 Å². The summed E-state index contributed by atoms with van der Waals surface area (Å²) in [6.07, 6.45) is 1.38. The zero-order chi connectivity index (χ0) is 13.2. The van der Waals surface area contributed by atoms with E-state index in [1.807, 2.05) is 24.3 Å². The van der Waals surface area contributed by atoms with Gasteiger partial charge in [0.15, 0.2) is 22.2 Å². The molecule has 0 bridgehead atoms. The minimum absolute atomic E-state index is 0.288. The highest BCUT2D eigenvalue weighted by molar-refractivity contribution is 7.99. The molecule has 0 aliphatic heterocycles. The van der Waals surface area contributed by atoms with Crippen LogP contribution in [-0.2, 0) is 0 Å². The van der Waals surface area contributed by atoms with Gasteiger partial charge in [-0.25, -0.2) is 15.0 Å². The Balaban J connectivity index is 1.99. The van der Waals surface area contributed by atoms with E-state index in [9.17, 15) is 0 Å². The molecule has 3 aromatic rings. The van der Waals surface area contributed by atoms with Gasteiger partial charge >= 0.3 is 0 Å². The number of hydrogen-bond acceptors (Lipinski definition) is 7. The van der Waals surface area contributed by atoms with Crippen molar-refractivity contribution in [2.24, 2.45) is 0 Å². The number of para-hydroxylation sites is 2. The van der Waals surface area contributed by atoms with Crippen LogP contribution in [0.3, 0.4) is 0 Å². The Labute approximate surface area is 113 Å². The zero-order valence-electron chi connectivity index (χ0n) is 10.0. The molecule has 0 unspecified atom stereocenters. The van der Waals surface area contributed by atoms with Crippen LogP contribution >= 0.6 is 11.8 Å². The van der Waals surface area contributed by atoms with Gasteiger partial charge in [-0.3, -0.25) is 0 Å². The Kier molecular flexibility index (Phi) is 2.96. The van der Waals surface area contributed by atoms with Crippen molar-refractivity contribution in [3.8, 4) is 5.75 Å². The van der Waals surface area contributed by atoms with Crippen molar-refractivity contribution in [1.82, 2.24) is 15.0 Å². The SMILES string of the molecule is COc1c(N)ncnc1Sc1nc2ccccc2o1. The van der Waals surface area contributed by atoms with Crippen molar-refractivity contribution in [2.75, 3.05) is 12.8 Å². The first kappa shape index (κ1) is 11.8. The number of hydrogen-bond donors (Lipinski definition) is 1. The second-order valence-electron chi connectivity index (χ2n) is 3.65. The molecule has 0 spiro atoms. The Hall–Kier alpha value is -2.28. The van der Waals surface area contributed by atoms with E-state index in [1.165, 1.54) is 25.2 Å². The van der Waals surface area contributed by atoms with E-state index >= 15 is 0 Å². The molecule has 0 aliphatic carbocycles. The number of anilines is 1. The number of ether oxygens (including phenoxy) is 1. The first-order valence-electron chi connectivity index (χ1n) is 5.46. The van der Waals surface area contributed by atoms with Gasteiger partial charge in [-0.15, -0.1) is 0 Å². The van der Waals surface area contributed by atoms with Crippen molar-refractivity contribution in [1.29, 1.82) is 0 Å². The quantitative estimate of drug-likeness (QED) is 0.733. The van der Waals surface area contributed by atoms with Crippen LogP contribution in [0.25, 0.3) is 11.1 Å². The molecule has 0 aliphatic rings. The largest absolute Gasteiger partial charge is 0.490 e. The third kappa shape index (κ3) is 2.19. The number of oxazole rings is 1. The van der Waals surface area contributed by atoms with E-state index in [4.69, 9.17) is 14.9 Å². The first-order valence-corrected chi connectivity index (χ1v) is 6.27. The lowest BCUT2D eigenvalue weighted by molar-refractivity contribution is 0.400. The molecule has 1 aromatic carbocycles. The molecule has 0 atom stereocenters. The highest BCUT2D eigenvalue weighted by Gasteiger charge is 2.14. The van der Waals surface area contributed by atoms with Crippen LogP contribution in [0.5, 0.6) is 5.75 Å². The molecular formula is C12H10N4O2S. The van der Waals surface area contributed by atoms with Crippen LogP contribution in [0.1, 0.15) is 0 Å². The summed E-state index contributed by atoms with van der Waals surface area (Å²) in [6.45, 7) is 0. The number of rotatable bonds is 3. The summed E-state index contributed by atoms with van der Waals surface area (Å²) in [6, 6.07) is 7.54. The third-order valence-corrected chi connectivity index (χ3v) is 3.29. The monoisotopic (exact) mass is 274 g/mol. The maximum Gasteiger partial charge on any atom is 0.263 e. The lowest BCUT2D eigenvalue weighted by Crippen LogP contribution is -1.98. The van der Waals surface area contributed by atoms with Gasteiger partial charge < -0.3 is 14.9 Å². The normalized spacial score (nSPS) is 10.8. The van der Waals surface area contributed by atoms with Gasteiger partial charge in [0.1, 0.15) is 11.8 Å². The summed E-state index contributed by atoms with van der Waals surface area (Å²) in [5, 5.41) is 1.05. The number of aromatic nitrogens is 3. The van der Waals surface area contributed by atoms with Gasteiger partial charge in [0.2, 0.25) is 0 Å². The summed E-state index contributed by atoms with van der Waals surface area (Å²) in [7, 11) is 1.52. The zero-order valence-corrected chi connectivity index (χ0v) is 10.8. The molecule has 19 heavy (non-hydrogen) atoms. The van der Waals surface area contributed by atoms with Gasteiger partial charge in [0.05, 0.1) is 7.11 Å². The lowest BCUT2D eigenvalue weighted by Gasteiger charge is -2.05. The molecule has 96 valence electrons. The van der Waals surface area contributed by atoms with E-state index in [0.717, 1.165) is 11.1 Å². The van der Waals surface area contributed by atoms with Gasteiger partial charge in [0, 0.05) is 0 Å². The van der Waals surface area contributed by atoms with E-state index in [2.05, 4.69) is 15.0 Å². The molecule has 3 rings (SSSR count). The number of nitrogens with zero attached hydrogens (tertiary/aromatic N) is 3. The van der Waals surface area contributed by atoms with Crippen molar-refractivity contribution in [3.05, 3.63) is 30.6 Å². The van der Waals surface area contributed by atoms with E-state index in [-0.39, 0.29) is 5.82 Å². The molecule has 2 aromatic heterocycles. The second-order valence-corrected chi connectivity index (χ2v) is 4.59. The Morgan fingerprint density at radius 2 is 2.11 bits per heavy atom. The van der Waals surface area contributed by atoms with Crippen molar-refractivity contribution in [2.45, 2.75) is 10.2 Å². The van der Waals surface area contributed by atoms with E-state index in [0.29, 0.717) is 16.0 Å². The third-order valence-electron chi connectivity index (χ3n) is 2.46. The first-order chi connectivity index (χ1) is 9.28. The maximum absolute atomic E-state index is 5.72. The van der Waals surface area contributed by atoms with Crippen molar-refractivity contribution >= 4 is 28.7 Å². The lowest BCUT2D eigenvalue weighted by atomic mass is 10.3. The highest BCUT2D eigenvalue weighted by Crippen LogP contribution is 2.36. The predicted octanol–water partition coefficient (Wildman–Crippen LogP) is 2.36. The molecule has 6 nitrogen and oxygen atoms in total. The number of methoxy groups -OCH3 is 1. The summed E-state index contributed by atoms with van der Waals surface area (Å²) < 4.78 is 10.8. The smallest absolute Gasteiger partial charge is 0.263 e. The summed E-state index contributed by atoms with van der Waals surface area (Å²) in [4.78, 5) is 12.3. The molecular weight excluding hydrogens is 264 g/mol. The standard InChI is InChI=1S/C12H10N4O2S/c1-17-9-10(13)14-6-15-11(9)19-12-16-7-4-2-3-5-8(7)18-12/h2-6H,1H3,(H2,13,14,15). The van der Waals surface area contributed by atoms with Crippen molar-refractivity contribution in [3.63, 3.8) is 0 Å². The van der Waals surface area contributed by atoms with Crippen LogP contribution < -0.4 is 10.5 Å². The predicted molar refractivity (Wildman–Crippen MR) is 71.1 cm³/mol. The maximum atomic E-state index is 5.72. The van der Waals surface area contributed by atoms with Crippen LogP contribution in [0.4, 0.5) is 5.82 Å². The second kappa shape index (κ2) is 4.77. The van der Waals surface area contributed by atoms with Gasteiger partial charge in [-0.2, -0.15) is 0 Å². The molecule has 2 heterocycles. The van der Waals surface area contributed by atoms with E-state index in [1.54, 1.807) is 0 Å². The van der Waals surface area contributed by atoms with Gasteiger partial charge in [0.25, 0.3) is 5.22 Å². The molecule has 7 heteroatoms. The molecule has 0 saturated carbocycles. The average Bonchev–Trinajstić information content (AvgIpc) is 2.81. The van der Waals surface area contributed by atoms with Crippen LogP contribution in [0.15, 0.2) is 45.3 Å². The van der Waals surface area contributed by atoms with Crippen LogP contribution in [-0.4, -0.2) is 22.1 Å². The van der Waals surface area contributed by atoms with Crippen molar-refractivity contribution < 1.29 is 9.15 Å². The fourth-order valence-electron chi connectivity index (χ4n) is 1.61.